The van der Waals surface area contributed by atoms with Gasteiger partial charge in [-0.05, 0) is 29.8 Å². The zero-order valence-electron chi connectivity index (χ0n) is 11.2. The minimum absolute atomic E-state index is 0.111. The summed E-state index contributed by atoms with van der Waals surface area (Å²) in [4.78, 5) is 18.4. The molecule has 1 fully saturated rings. The number of halogens is 1. The molecule has 1 heterocycles. The van der Waals surface area contributed by atoms with E-state index in [0.717, 1.165) is 20.9 Å². The zero-order valence-corrected chi connectivity index (χ0v) is 13.6. The highest BCUT2D eigenvalue weighted by Crippen LogP contribution is 2.26. The van der Waals surface area contributed by atoms with Gasteiger partial charge in [-0.15, -0.1) is 0 Å². The molecule has 0 aliphatic carbocycles. The number of amides is 1. The molecule has 0 spiro atoms. The van der Waals surface area contributed by atoms with Gasteiger partial charge >= 0.3 is 0 Å². The predicted octanol–water partition coefficient (Wildman–Crippen LogP) is 4.21. The highest BCUT2D eigenvalue weighted by atomic mass is 79.9. The Bertz CT molecular complexity index is 670. The third-order valence-electron chi connectivity index (χ3n) is 3.09. The largest absolute Gasteiger partial charge is 0.286 e. The first-order chi connectivity index (χ1) is 10.2. The number of carbonyl (C=O) groups excluding carboxylic acids is 1. The number of hydrogen-bond donors (Lipinski definition) is 0. The van der Waals surface area contributed by atoms with E-state index in [1.165, 1.54) is 11.8 Å². The van der Waals surface area contributed by atoms with Gasteiger partial charge in [-0.3, -0.25) is 9.69 Å². The summed E-state index contributed by atoms with van der Waals surface area (Å²) < 4.78 is 1.02. The van der Waals surface area contributed by atoms with Crippen LogP contribution in [0.15, 0.2) is 64.1 Å². The topological polar surface area (TPSA) is 32.7 Å². The molecule has 21 heavy (non-hydrogen) atoms. The maximum absolute atomic E-state index is 12.1. The van der Waals surface area contributed by atoms with E-state index in [9.17, 15) is 4.79 Å². The van der Waals surface area contributed by atoms with E-state index in [-0.39, 0.29) is 5.91 Å². The molecule has 0 bridgehead atoms. The Labute approximate surface area is 136 Å². The number of amidine groups is 1. The molecule has 1 amide bonds. The number of carbonyl (C=O) groups is 1. The van der Waals surface area contributed by atoms with Crippen LogP contribution in [0.1, 0.15) is 5.56 Å². The Kier molecular flexibility index (Phi) is 4.41. The second-order valence-electron chi connectivity index (χ2n) is 4.62. The smallest absolute Gasteiger partial charge is 0.239 e. The van der Waals surface area contributed by atoms with E-state index in [4.69, 9.17) is 0 Å². The molecule has 3 nitrogen and oxygen atoms in total. The molecule has 2 aromatic rings. The van der Waals surface area contributed by atoms with Crippen LogP contribution in [0, 0.1) is 0 Å². The minimum Gasteiger partial charge on any atom is -0.286 e. The molecule has 3 rings (SSSR count). The minimum atomic E-state index is 0.111. The van der Waals surface area contributed by atoms with Crippen LogP contribution < -0.4 is 0 Å². The Morgan fingerprint density at radius 3 is 2.52 bits per heavy atom. The molecule has 1 aliphatic heterocycles. The lowest BCUT2D eigenvalue weighted by molar-refractivity contribution is -0.124. The van der Waals surface area contributed by atoms with Gasteiger partial charge in [0.15, 0.2) is 5.17 Å². The van der Waals surface area contributed by atoms with Gasteiger partial charge in [-0.25, -0.2) is 4.99 Å². The van der Waals surface area contributed by atoms with Crippen molar-refractivity contribution in [3.8, 4) is 0 Å². The number of benzene rings is 2. The molecular weight excluding hydrogens is 348 g/mol. The molecule has 1 saturated heterocycles. The molecule has 0 saturated carbocycles. The highest BCUT2D eigenvalue weighted by molar-refractivity contribution is 9.10. The first-order valence-corrected chi connectivity index (χ1v) is 8.31. The van der Waals surface area contributed by atoms with Crippen molar-refractivity contribution in [2.24, 2.45) is 4.99 Å². The van der Waals surface area contributed by atoms with Gasteiger partial charge in [0, 0.05) is 4.47 Å². The first kappa shape index (κ1) is 14.4. The maximum Gasteiger partial charge on any atom is 0.239 e. The number of aliphatic imine (C=N–C) groups is 1. The van der Waals surface area contributed by atoms with Crippen molar-refractivity contribution in [2.75, 3.05) is 5.75 Å². The van der Waals surface area contributed by atoms with Crippen LogP contribution in [-0.2, 0) is 11.3 Å². The summed E-state index contributed by atoms with van der Waals surface area (Å²) in [6.07, 6.45) is 0. The van der Waals surface area contributed by atoms with Gasteiger partial charge in [0.1, 0.15) is 0 Å². The Balaban J connectivity index is 1.83. The quantitative estimate of drug-likeness (QED) is 0.820. The van der Waals surface area contributed by atoms with E-state index < -0.39 is 0 Å². The molecule has 0 atom stereocenters. The molecule has 1 aliphatic rings. The average Bonchev–Trinajstić information content (AvgIpc) is 2.84. The monoisotopic (exact) mass is 360 g/mol. The van der Waals surface area contributed by atoms with Crippen LogP contribution in [-0.4, -0.2) is 21.7 Å². The molecule has 2 aromatic carbocycles. The van der Waals surface area contributed by atoms with Crippen LogP contribution in [0.5, 0.6) is 0 Å². The SMILES string of the molecule is O=C1CSC(=Nc2ccc(Br)cc2)N1Cc1ccccc1. The van der Waals surface area contributed by atoms with Gasteiger partial charge in [0.25, 0.3) is 0 Å². The third-order valence-corrected chi connectivity index (χ3v) is 4.58. The summed E-state index contributed by atoms with van der Waals surface area (Å²) in [6.45, 7) is 0.571. The van der Waals surface area contributed by atoms with Crippen LogP contribution >= 0.6 is 27.7 Å². The van der Waals surface area contributed by atoms with Crippen molar-refractivity contribution in [1.82, 2.24) is 4.90 Å². The predicted molar refractivity (Wildman–Crippen MR) is 90.7 cm³/mol. The fourth-order valence-corrected chi connectivity index (χ4v) is 3.19. The number of hydrogen-bond acceptors (Lipinski definition) is 3. The van der Waals surface area contributed by atoms with Gasteiger partial charge in [0.2, 0.25) is 5.91 Å². The van der Waals surface area contributed by atoms with Gasteiger partial charge in [-0.1, -0.05) is 58.0 Å². The van der Waals surface area contributed by atoms with E-state index in [1.54, 1.807) is 4.90 Å². The van der Waals surface area contributed by atoms with Crippen LogP contribution in [0.3, 0.4) is 0 Å². The lowest BCUT2D eigenvalue weighted by atomic mass is 10.2. The van der Waals surface area contributed by atoms with E-state index in [1.807, 2.05) is 54.6 Å². The van der Waals surface area contributed by atoms with Crippen molar-refractivity contribution in [1.29, 1.82) is 0 Å². The summed E-state index contributed by atoms with van der Waals surface area (Å²) in [5.74, 6) is 0.571. The third kappa shape index (κ3) is 3.54. The summed E-state index contributed by atoms with van der Waals surface area (Å²) in [5.41, 5.74) is 1.96. The van der Waals surface area contributed by atoms with Crippen LogP contribution in [0.25, 0.3) is 0 Å². The van der Waals surface area contributed by atoms with Gasteiger partial charge < -0.3 is 0 Å². The molecular formula is C16H13BrN2OS. The average molecular weight is 361 g/mol. The standard InChI is InChI=1S/C16H13BrN2OS/c17-13-6-8-14(9-7-13)18-16-19(15(20)11-21-16)10-12-4-2-1-3-5-12/h1-9H,10-11H2. The van der Waals surface area contributed by atoms with Crippen molar-refractivity contribution >= 4 is 44.5 Å². The highest BCUT2D eigenvalue weighted by Gasteiger charge is 2.28. The van der Waals surface area contributed by atoms with E-state index in [2.05, 4.69) is 20.9 Å². The second-order valence-corrected chi connectivity index (χ2v) is 6.48. The van der Waals surface area contributed by atoms with Crippen molar-refractivity contribution in [2.45, 2.75) is 6.54 Å². The van der Waals surface area contributed by atoms with Crippen LogP contribution in [0.2, 0.25) is 0 Å². The lowest BCUT2D eigenvalue weighted by Gasteiger charge is -2.16. The summed E-state index contributed by atoms with van der Waals surface area (Å²) >= 11 is 4.90. The molecule has 106 valence electrons. The number of thioether (sulfide) groups is 1. The molecule has 0 unspecified atom stereocenters. The van der Waals surface area contributed by atoms with E-state index >= 15 is 0 Å². The second kappa shape index (κ2) is 6.45. The Hall–Kier alpha value is -1.59. The molecule has 0 N–H and O–H groups in total. The summed E-state index contributed by atoms with van der Waals surface area (Å²) in [6, 6.07) is 17.7. The number of rotatable bonds is 3. The van der Waals surface area contributed by atoms with Crippen molar-refractivity contribution in [3.63, 3.8) is 0 Å². The maximum atomic E-state index is 12.1. The summed E-state index contributed by atoms with van der Waals surface area (Å²) in [7, 11) is 0. The Morgan fingerprint density at radius 2 is 1.81 bits per heavy atom. The van der Waals surface area contributed by atoms with Gasteiger partial charge in [-0.2, -0.15) is 0 Å². The summed E-state index contributed by atoms with van der Waals surface area (Å²) in [5, 5.41) is 0.770. The lowest BCUT2D eigenvalue weighted by Crippen LogP contribution is -2.28. The fraction of sp³-hybridized carbons (Fsp3) is 0.125. The first-order valence-electron chi connectivity index (χ1n) is 6.54. The molecule has 0 radical (unpaired) electrons. The zero-order chi connectivity index (χ0) is 14.7. The molecule has 5 heteroatoms. The van der Waals surface area contributed by atoms with Crippen molar-refractivity contribution < 1.29 is 4.79 Å². The van der Waals surface area contributed by atoms with Crippen LogP contribution in [0.4, 0.5) is 5.69 Å². The Morgan fingerprint density at radius 1 is 1.10 bits per heavy atom. The van der Waals surface area contributed by atoms with Crippen molar-refractivity contribution in [3.05, 3.63) is 64.6 Å². The van der Waals surface area contributed by atoms with Gasteiger partial charge in [0.05, 0.1) is 18.0 Å². The number of nitrogens with zero attached hydrogens (tertiary/aromatic N) is 2. The van der Waals surface area contributed by atoms with E-state index in [0.29, 0.717) is 12.3 Å². The fourth-order valence-electron chi connectivity index (χ4n) is 2.03. The molecule has 0 aromatic heterocycles. The normalized spacial score (nSPS) is 16.7.